The molecule has 0 saturated heterocycles. The molecule has 0 bridgehead atoms. The zero-order valence-corrected chi connectivity index (χ0v) is 84.9. The Morgan fingerprint density at radius 1 is 0.216 bits per heavy atom. The van der Waals surface area contributed by atoms with E-state index >= 15 is 0 Å². The van der Waals surface area contributed by atoms with Crippen molar-refractivity contribution in [2.75, 3.05) is 24.7 Å². The summed E-state index contributed by atoms with van der Waals surface area (Å²) in [5.74, 6) is 64.9. The van der Waals surface area contributed by atoms with E-state index < -0.39 is 25.7 Å². The van der Waals surface area contributed by atoms with Crippen LogP contribution in [0.5, 0.6) is 23.0 Å². The topological polar surface area (TPSA) is 105 Å². The third kappa shape index (κ3) is 29.3. The monoisotopic (exact) mass is 1860 g/mol. The second-order valence-corrected chi connectivity index (χ2v) is 44.5. The Labute approximate surface area is 828 Å². The van der Waals surface area contributed by atoms with Crippen molar-refractivity contribution in [3.63, 3.8) is 0 Å². The highest BCUT2D eigenvalue weighted by Crippen LogP contribution is 2.38. The van der Waals surface area contributed by atoms with Crippen LogP contribution in [0.1, 0.15) is 307 Å². The van der Waals surface area contributed by atoms with E-state index in [1.54, 1.807) is 24.3 Å². The van der Waals surface area contributed by atoms with E-state index in [2.05, 4.69) is 267 Å². The molecular formula is C129H116O8S2. The zero-order chi connectivity index (χ0) is 100. The van der Waals surface area contributed by atoms with Crippen LogP contribution in [0.25, 0.3) is 0 Å². The molecule has 0 fully saturated rings. The molecule has 12 aromatic carbocycles. The first-order valence-electron chi connectivity index (χ1n) is 46.3. The number of terminal acetylenes is 4. The largest absolute Gasteiger partial charge is 0.491 e. The fourth-order valence-corrected chi connectivity index (χ4v) is 16.5. The van der Waals surface area contributed by atoms with Gasteiger partial charge in [0.25, 0.3) is 0 Å². The lowest BCUT2D eigenvalue weighted by Crippen LogP contribution is -2.20. The third-order valence-electron chi connectivity index (χ3n) is 23.3. The minimum Gasteiger partial charge on any atom is -0.491 e. The Morgan fingerprint density at radius 3 is 0.590 bits per heavy atom. The average molecular weight is 1860 g/mol. The molecule has 0 heterocycles. The van der Waals surface area contributed by atoms with E-state index in [0.717, 1.165) is 134 Å². The number of benzene rings is 12. The quantitative estimate of drug-likeness (QED) is 0.0535. The van der Waals surface area contributed by atoms with Gasteiger partial charge in [-0.1, -0.05) is 281 Å². The van der Waals surface area contributed by atoms with E-state index in [1.807, 2.05) is 208 Å². The Morgan fingerprint density at radius 2 is 0.396 bits per heavy atom. The zero-order valence-electron chi connectivity index (χ0n) is 83.2. The van der Waals surface area contributed by atoms with Gasteiger partial charge in [-0.25, -0.2) is 0 Å². The molecule has 0 aliphatic heterocycles. The molecule has 0 radical (unpaired) electrons. The number of rotatable bonds is 16. The van der Waals surface area contributed by atoms with Gasteiger partial charge in [-0.15, -0.1) is 25.7 Å². The number of hydrogen-bond acceptors (Lipinski definition) is 8. The fourth-order valence-electron chi connectivity index (χ4n) is 14.6. The van der Waals surface area contributed by atoms with Crippen molar-refractivity contribution < 1.29 is 34.7 Å². The molecule has 139 heavy (non-hydrogen) atoms. The van der Waals surface area contributed by atoms with Crippen LogP contribution < -0.4 is 17.8 Å². The van der Waals surface area contributed by atoms with Gasteiger partial charge in [0, 0.05) is 94.4 Å². The molecule has 8 nitrogen and oxygen atoms in total. The predicted molar refractivity (Wildman–Crippen MR) is 570 cm³/mol. The van der Waals surface area contributed by atoms with E-state index in [1.165, 1.54) is 0 Å². The first-order chi connectivity index (χ1) is 65.5. The summed E-state index contributed by atoms with van der Waals surface area (Å²) in [5.41, 5.74) is 21.2. The highest BCUT2D eigenvalue weighted by molar-refractivity contribution is 7.87. The summed E-state index contributed by atoms with van der Waals surface area (Å²) in [5, 5.41) is 0. The van der Waals surface area contributed by atoms with Crippen molar-refractivity contribution in [3.8, 4) is 167 Å². The predicted octanol–water partition coefficient (Wildman–Crippen LogP) is 25.3. The highest BCUT2D eigenvalue weighted by atomic mass is 32.2. The lowest BCUT2D eigenvalue weighted by Gasteiger charge is -2.26. The van der Waals surface area contributed by atoms with Gasteiger partial charge in [0.05, 0.1) is 47.0 Å². The maximum absolute atomic E-state index is 13.9. The first-order valence-corrected chi connectivity index (χ1v) is 49.4. The van der Waals surface area contributed by atoms with Crippen molar-refractivity contribution in [3.05, 3.63) is 398 Å². The van der Waals surface area contributed by atoms with Crippen molar-refractivity contribution in [2.24, 2.45) is 0 Å². The molecule has 0 aliphatic carbocycles. The summed E-state index contributed by atoms with van der Waals surface area (Å²) in [6, 6.07) is 76.7. The molecule has 10 heteroatoms. The van der Waals surface area contributed by atoms with Crippen LogP contribution in [0.15, 0.2) is 243 Å². The van der Waals surface area contributed by atoms with Gasteiger partial charge < -0.3 is 17.8 Å². The summed E-state index contributed by atoms with van der Waals surface area (Å²) in [4.78, 5) is 0. The van der Waals surface area contributed by atoms with Crippen LogP contribution in [0.2, 0.25) is 0 Å². The standard InChI is InChI=1S/C129H116O8S2/c1-25-91-75-103(83-113(79-91)123(5,6)7)51-47-95-31-39-99(40-32-95)55-59-107-87-117(127(17,18)19)88-108(60-56-100-41-33-96(34-42-100)48-52-104-76-92(26-2)80-114(84-104)124(8,9)10)121(107)134-71-29-73-138(130,131)136-119-67-63-111(64-68-119)129(23,24)112-65-69-120(70-66-112)137-139(132,133)74-30-72-135-122-109(61-57-101-43-35-97(36-44-101)49-53-105-77-93(27-3)81-115(85-105)125(11,12)13)89-118(128(20,21)22)90-110(122)62-58-102-45-37-98(38-46-102)50-54-106-78-94(28-4)82-116(86-106)126(14,15)16/h1-4,31-46,63-70,75-90H,29-30,71-74H2,5-24H3. The van der Waals surface area contributed by atoms with Gasteiger partial charge in [-0.05, 0) is 308 Å². The Kier molecular flexibility index (Phi) is 31.8. The molecule has 12 aromatic rings. The van der Waals surface area contributed by atoms with Gasteiger partial charge in [0.2, 0.25) is 0 Å². The van der Waals surface area contributed by atoms with Crippen LogP contribution in [0.3, 0.4) is 0 Å². The van der Waals surface area contributed by atoms with Crippen molar-refractivity contribution >= 4 is 20.2 Å². The third-order valence-corrected chi connectivity index (χ3v) is 25.7. The van der Waals surface area contributed by atoms with Gasteiger partial charge in [-0.2, -0.15) is 16.8 Å². The van der Waals surface area contributed by atoms with Crippen molar-refractivity contribution in [1.82, 2.24) is 0 Å². The van der Waals surface area contributed by atoms with Gasteiger partial charge in [0.15, 0.2) is 11.5 Å². The lowest BCUT2D eigenvalue weighted by molar-refractivity contribution is 0.314. The van der Waals surface area contributed by atoms with Gasteiger partial charge in [-0.3, -0.25) is 0 Å². The van der Waals surface area contributed by atoms with Crippen molar-refractivity contribution in [2.45, 2.75) is 189 Å². The van der Waals surface area contributed by atoms with E-state index in [9.17, 15) is 16.8 Å². The molecule has 0 aliphatic rings. The highest BCUT2D eigenvalue weighted by Gasteiger charge is 2.28. The normalized spacial score (nSPS) is 11.4. The molecule has 0 aromatic heterocycles. The summed E-state index contributed by atoms with van der Waals surface area (Å²) in [7, 11) is -8.32. The second-order valence-electron chi connectivity index (χ2n) is 41.2. The van der Waals surface area contributed by atoms with Crippen LogP contribution in [0, 0.1) is 144 Å². The summed E-state index contributed by atoms with van der Waals surface area (Å²) >= 11 is 0. The Bertz CT molecular complexity index is 6870. The molecule has 0 unspecified atom stereocenters. The molecule has 692 valence electrons. The molecule has 0 atom stereocenters. The van der Waals surface area contributed by atoms with E-state index in [-0.39, 0.29) is 81.6 Å². The number of hydrogen-bond donors (Lipinski definition) is 0. The summed E-state index contributed by atoms with van der Waals surface area (Å²) < 4.78 is 80.5. The maximum atomic E-state index is 13.9. The molecule has 0 spiro atoms. The van der Waals surface area contributed by atoms with Gasteiger partial charge >= 0.3 is 20.2 Å². The lowest BCUT2D eigenvalue weighted by atomic mass is 9.78. The first kappa shape index (κ1) is 102. The number of ether oxygens (including phenoxy) is 2. The maximum Gasteiger partial charge on any atom is 0.309 e. The van der Waals surface area contributed by atoms with Crippen LogP contribution >= 0.6 is 0 Å². The minimum absolute atomic E-state index is 0.0189. The van der Waals surface area contributed by atoms with Crippen LogP contribution in [-0.4, -0.2) is 41.6 Å². The molecule has 0 saturated carbocycles. The molecular weight excluding hydrogens is 1740 g/mol. The van der Waals surface area contributed by atoms with Crippen LogP contribution in [-0.2, 0) is 58.1 Å². The van der Waals surface area contributed by atoms with E-state index in [4.69, 9.17) is 43.5 Å². The SMILES string of the molecule is C#Cc1cc(C#Cc2ccc(C#Cc3cc(C(C)(C)C)cc(C#Cc4ccc(C#Cc5cc(C#C)cc(C(C)(C)C)c5)cc4)c3OCCCS(=O)(=O)Oc3ccc(C(C)(C)c4ccc(OS(=O)(=O)CCCOc5c(C#Cc6ccc(C#Cc7cc(C#C)cc(C(C)(C)C)c7)cc6)cc(C(C)(C)C)cc5C#Cc5ccc(C#Cc6cc(C#C)cc(C(C)(C)C)c6)cc5)cc4)cc3)cc2)cc(C(C)(C)C)c1. The molecule has 12 rings (SSSR count). The second kappa shape index (κ2) is 43.2. The smallest absolute Gasteiger partial charge is 0.309 e. The van der Waals surface area contributed by atoms with Crippen molar-refractivity contribution in [1.29, 1.82) is 0 Å². The Hall–Kier alpha value is -15.5. The minimum atomic E-state index is -4.16. The molecule has 0 N–H and O–H groups in total. The molecule has 0 amide bonds. The fraction of sp³-hybridized carbons (Fsp3) is 0.256. The van der Waals surface area contributed by atoms with E-state index in [0.29, 0.717) is 33.8 Å². The summed E-state index contributed by atoms with van der Waals surface area (Å²) in [6.07, 6.45) is 23.5. The summed E-state index contributed by atoms with van der Waals surface area (Å²) in [6.45, 7) is 42.5. The van der Waals surface area contributed by atoms with Gasteiger partial charge in [0.1, 0.15) is 11.5 Å². The average Bonchev–Trinajstić information content (AvgIpc) is 0.774. The Balaban J connectivity index is 0.722. The van der Waals surface area contributed by atoms with Crippen LogP contribution in [0.4, 0.5) is 0 Å².